The van der Waals surface area contributed by atoms with E-state index in [0.717, 1.165) is 31.2 Å². The van der Waals surface area contributed by atoms with Crippen molar-refractivity contribution < 1.29 is 9.32 Å². The highest BCUT2D eigenvalue weighted by molar-refractivity contribution is 6.33. The number of rotatable bonds is 3. The minimum Gasteiger partial charge on any atom is -0.339 e. The van der Waals surface area contributed by atoms with E-state index in [1.54, 1.807) is 0 Å². The van der Waals surface area contributed by atoms with Gasteiger partial charge in [0.15, 0.2) is 0 Å². The summed E-state index contributed by atoms with van der Waals surface area (Å²) < 4.78 is 5.49. The van der Waals surface area contributed by atoms with E-state index >= 15 is 0 Å². The van der Waals surface area contributed by atoms with Crippen LogP contribution in [0.25, 0.3) is 11.4 Å². The maximum absolute atomic E-state index is 12.5. The highest BCUT2D eigenvalue weighted by Gasteiger charge is 2.29. The third kappa shape index (κ3) is 4.26. The van der Waals surface area contributed by atoms with Gasteiger partial charge < -0.3 is 14.7 Å². The number of nitrogens with one attached hydrogen (secondary N) is 1. The lowest BCUT2D eigenvalue weighted by atomic mass is 9.95. The van der Waals surface area contributed by atoms with Crippen LogP contribution >= 0.6 is 11.6 Å². The Bertz CT molecular complexity index is 780. The Morgan fingerprint density at radius 3 is 2.59 bits per heavy atom. The van der Waals surface area contributed by atoms with E-state index in [9.17, 15) is 4.79 Å². The number of aromatic nitrogens is 2. The number of halogens is 1. The molecule has 1 aromatic carbocycles. The molecule has 0 atom stereocenters. The number of hydrogen-bond donors (Lipinski definition) is 1. The Labute approximate surface area is 164 Å². The molecule has 27 heavy (non-hydrogen) atoms. The molecule has 2 fully saturated rings. The number of likely N-dealkylation sites (tertiary alicyclic amines) is 1. The second kappa shape index (κ2) is 8.30. The van der Waals surface area contributed by atoms with Gasteiger partial charge in [-0.2, -0.15) is 4.98 Å². The van der Waals surface area contributed by atoms with Gasteiger partial charge in [0, 0.05) is 30.6 Å². The van der Waals surface area contributed by atoms with Gasteiger partial charge in [-0.1, -0.05) is 48.2 Å². The van der Waals surface area contributed by atoms with Gasteiger partial charge in [0.25, 0.3) is 0 Å². The molecule has 4 rings (SSSR count). The fourth-order valence-corrected chi connectivity index (χ4v) is 4.22. The van der Waals surface area contributed by atoms with Crippen molar-refractivity contribution in [3.8, 4) is 11.4 Å². The van der Waals surface area contributed by atoms with Crippen LogP contribution in [-0.4, -0.2) is 40.2 Å². The molecule has 0 radical (unpaired) electrons. The molecular formula is C20H25ClN4O2. The number of nitrogens with zero attached hydrogens (tertiary/aromatic N) is 3. The van der Waals surface area contributed by atoms with Crippen molar-refractivity contribution in [3.63, 3.8) is 0 Å². The maximum Gasteiger partial charge on any atom is 0.317 e. The molecule has 2 aliphatic rings. The summed E-state index contributed by atoms with van der Waals surface area (Å²) in [6, 6.07) is 7.90. The molecule has 1 saturated heterocycles. The van der Waals surface area contributed by atoms with Crippen molar-refractivity contribution in [3.05, 3.63) is 35.2 Å². The largest absolute Gasteiger partial charge is 0.339 e. The Kier molecular flexibility index (Phi) is 5.62. The van der Waals surface area contributed by atoms with E-state index in [0.29, 0.717) is 35.9 Å². The molecular weight excluding hydrogens is 364 g/mol. The number of urea groups is 1. The standard InChI is InChI=1S/C20H25ClN4O2/c21-17-9-5-4-8-16(17)18-23-19(27-24-18)14-10-12-25(13-11-14)20(26)22-15-6-2-1-3-7-15/h4-5,8-9,14-15H,1-3,6-7,10-13H2,(H,22,26). The van der Waals surface area contributed by atoms with Gasteiger partial charge in [0.05, 0.1) is 5.02 Å². The van der Waals surface area contributed by atoms with Crippen molar-refractivity contribution >= 4 is 17.6 Å². The van der Waals surface area contributed by atoms with Crippen LogP contribution in [0.1, 0.15) is 56.8 Å². The molecule has 1 aliphatic heterocycles. The molecule has 0 bridgehead atoms. The molecule has 2 amide bonds. The van der Waals surface area contributed by atoms with Crippen molar-refractivity contribution in [2.24, 2.45) is 0 Å². The highest BCUT2D eigenvalue weighted by atomic mass is 35.5. The predicted octanol–water partition coefficient (Wildman–Crippen LogP) is 4.61. The summed E-state index contributed by atoms with van der Waals surface area (Å²) in [5.74, 6) is 1.35. The van der Waals surface area contributed by atoms with Gasteiger partial charge in [-0.25, -0.2) is 4.79 Å². The molecule has 6 nitrogen and oxygen atoms in total. The van der Waals surface area contributed by atoms with Crippen molar-refractivity contribution in [2.75, 3.05) is 13.1 Å². The van der Waals surface area contributed by atoms with Crippen LogP contribution in [0.15, 0.2) is 28.8 Å². The van der Waals surface area contributed by atoms with Gasteiger partial charge in [0.1, 0.15) is 0 Å². The first kappa shape index (κ1) is 18.3. The van der Waals surface area contributed by atoms with Crippen LogP contribution in [0.3, 0.4) is 0 Å². The second-order valence-electron chi connectivity index (χ2n) is 7.48. The fraction of sp³-hybridized carbons (Fsp3) is 0.550. The van der Waals surface area contributed by atoms with Gasteiger partial charge in [-0.05, 0) is 37.8 Å². The summed E-state index contributed by atoms with van der Waals surface area (Å²) in [5.41, 5.74) is 0.776. The van der Waals surface area contributed by atoms with E-state index in [2.05, 4.69) is 15.5 Å². The molecule has 2 heterocycles. The molecule has 1 aliphatic carbocycles. The smallest absolute Gasteiger partial charge is 0.317 e. The van der Waals surface area contributed by atoms with E-state index in [1.165, 1.54) is 19.3 Å². The Morgan fingerprint density at radius 2 is 1.85 bits per heavy atom. The van der Waals surface area contributed by atoms with Gasteiger partial charge in [-0.15, -0.1) is 0 Å². The van der Waals surface area contributed by atoms with E-state index in [4.69, 9.17) is 16.1 Å². The molecule has 7 heteroatoms. The van der Waals surface area contributed by atoms with Gasteiger partial charge in [-0.3, -0.25) is 0 Å². The molecule has 0 spiro atoms. The zero-order chi connectivity index (χ0) is 18.6. The van der Waals surface area contributed by atoms with Crippen LogP contribution in [0.5, 0.6) is 0 Å². The third-order valence-corrected chi connectivity index (χ3v) is 5.95. The lowest BCUT2D eigenvalue weighted by Crippen LogP contribution is -2.48. The molecule has 0 unspecified atom stereocenters. The Hall–Kier alpha value is -2.08. The maximum atomic E-state index is 12.5. The first-order chi connectivity index (χ1) is 13.2. The topological polar surface area (TPSA) is 71.3 Å². The van der Waals surface area contributed by atoms with Crippen molar-refractivity contribution in [1.82, 2.24) is 20.4 Å². The monoisotopic (exact) mass is 388 g/mol. The summed E-state index contributed by atoms with van der Waals surface area (Å²) in [5, 5.41) is 7.90. The molecule has 144 valence electrons. The fourth-order valence-electron chi connectivity index (χ4n) is 4.00. The number of amides is 2. The SMILES string of the molecule is O=C(NC1CCCCC1)N1CCC(c2nc(-c3ccccc3Cl)no2)CC1. The average Bonchev–Trinajstić information content (AvgIpc) is 3.19. The minimum atomic E-state index is 0.0719. The summed E-state index contributed by atoms with van der Waals surface area (Å²) in [6.45, 7) is 1.43. The van der Waals surface area contributed by atoms with Crippen LogP contribution in [0, 0.1) is 0 Å². The Balaban J connectivity index is 1.33. The molecule has 1 aromatic heterocycles. The van der Waals surface area contributed by atoms with Crippen molar-refractivity contribution in [2.45, 2.75) is 56.9 Å². The number of carbonyl (C=O) groups excluding carboxylic acids is 1. The predicted molar refractivity (Wildman–Crippen MR) is 104 cm³/mol. The lowest BCUT2D eigenvalue weighted by molar-refractivity contribution is 0.169. The Morgan fingerprint density at radius 1 is 1.11 bits per heavy atom. The summed E-state index contributed by atoms with van der Waals surface area (Å²) in [7, 11) is 0. The van der Waals surface area contributed by atoms with E-state index < -0.39 is 0 Å². The average molecular weight is 389 g/mol. The number of hydrogen-bond acceptors (Lipinski definition) is 4. The molecule has 1 N–H and O–H groups in total. The van der Waals surface area contributed by atoms with Crippen LogP contribution in [0.2, 0.25) is 5.02 Å². The normalized spacial score (nSPS) is 19.2. The second-order valence-corrected chi connectivity index (χ2v) is 7.89. The zero-order valence-corrected chi connectivity index (χ0v) is 16.1. The quantitative estimate of drug-likeness (QED) is 0.833. The van der Waals surface area contributed by atoms with Gasteiger partial charge in [0.2, 0.25) is 11.7 Å². The van der Waals surface area contributed by atoms with E-state index in [1.807, 2.05) is 29.2 Å². The molecule has 1 saturated carbocycles. The third-order valence-electron chi connectivity index (χ3n) is 5.62. The van der Waals surface area contributed by atoms with E-state index in [-0.39, 0.29) is 11.9 Å². The van der Waals surface area contributed by atoms with Crippen LogP contribution in [0.4, 0.5) is 4.79 Å². The number of carbonyl (C=O) groups is 1. The summed E-state index contributed by atoms with van der Waals surface area (Å²) in [4.78, 5) is 18.9. The van der Waals surface area contributed by atoms with Crippen LogP contribution in [-0.2, 0) is 0 Å². The summed E-state index contributed by atoms with van der Waals surface area (Å²) >= 11 is 6.21. The molecule has 2 aromatic rings. The van der Waals surface area contributed by atoms with Gasteiger partial charge >= 0.3 is 6.03 Å². The van der Waals surface area contributed by atoms with Crippen LogP contribution < -0.4 is 5.32 Å². The number of piperidine rings is 1. The highest BCUT2D eigenvalue weighted by Crippen LogP contribution is 2.30. The first-order valence-corrected chi connectivity index (χ1v) is 10.2. The number of benzene rings is 1. The minimum absolute atomic E-state index is 0.0719. The lowest BCUT2D eigenvalue weighted by Gasteiger charge is -2.32. The van der Waals surface area contributed by atoms with Crippen molar-refractivity contribution in [1.29, 1.82) is 0 Å². The first-order valence-electron chi connectivity index (χ1n) is 9.84. The zero-order valence-electron chi connectivity index (χ0n) is 15.4. The summed E-state index contributed by atoms with van der Waals surface area (Å²) in [6.07, 6.45) is 7.61.